The van der Waals surface area contributed by atoms with Crippen molar-refractivity contribution in [2.75, 3.05) is 24.7 Å². The number of hydrogen-bond acceptors (Lipinski definition) is 4. The normalized spacial score (nSPS) is 11.7. The van der Waals surface area contributed by atoms with Gasteiger partial charge in [0.1, 0.15) is 0 Å². The van der Waals surface area contributed by atoms with Gasteiger partial charge in [-0.2, -0.15) is 0 Å². The van der Waals surface area contributed by atoms with Crippen molar-refractivity contribution in [3.8, 4) is 0 Å². The molecule has 0 aliphatic rings. The van der Waals surface area contributed by atoms with Crippen molar-refractivity contribution in [3.05, 3.63) is 22.7 Å². The van der Waals surface area contributed by atoms with Crippen molar-refractivity contribution in [3.63, 3.8) is 0 Å². The minimum atomic E-state index is -3.38. The summed E-state index contributed by atoms with van der Waals surface area (Å²) in [5.74, 6) is -0.0443. The maximum Gasteiger partial charge on any atom is 0.182 e. The Labute approximate surface area is 117 Å². The van der Waals surface area contributed by atoms with Crippen LogP contribution in [0.5, 0.6) is 0 Å². The zero-order valence-corrected chi connectivity index (χ0v) is 12.8. The van der Waals surface area contributed by atoms with Gasteiger partial charge in [-0.15, -0.1) is 0 Å². The van der Waals surface area contributed by atoms with E-state index in [4.69, 9.17) is 10.5 Å². The largest absolute Gasteiger partial charge is 0.398 e. The fourth-order valence-corrected chi connectivity index (χ4v) is 3.21. The molecule has 0 bridgehead atoms. The first kappa shape index (κ1) is 15.5. The van der Waals surface area contributed by atoms with Crippen LogP contribution in [0, 0.1) is 0 Å². The van der Waals surface area contributed by atoms with Crippen LogP contribution in [-0.2, 0) is 14.6 Å². The van der Waals surface area contributed by atoms with Gasteiger partial charge < -0.3 is 10.5 Å². The molecule has 0 spiro atoms. The minimum absolute atomic E-state index is 0.0443. The summed E-state index contributed by atoms with van der Waals surface area (Å²) < 4.78 is 30.1. The lowest BCUT2D eigenvalue weighted by atomic mass is 10.3. The molecule has 0 heterocycles. The smallest absolute Gasteiger partial charge is 0.182 e. The molecule has 0 aromatic heterocycles. The van der Waals surface area contributed by atoms with E-state index >= 15 is 0 Å². The maximum atomic E-state index is 12.1. The molecule has 0 aliphatic heterocycles. The van der Waals surface area contributed by atoms with Crippen LogP contribution in [-0.4, -0.2) is 27.4 Å². The molecule has 4 nitrogen and oxygen atoms in total. The van der Waals surface area contributed by atoms with E-state index in [9.17, 15) is 8.42 Å². The summed E-state index contributed by atoms with van der Waals surface area (Å²) in [6.07, 6.45) is 1.98. The second-order valence-electron chi connectivity index (χ2n) is 3.97. The van der Waals surface area contributed by atoms with Gasteiger partial charge in [-0.05, 0) is 24.6 Å². The van der Waals surface area contributed by atoms with E-state index in [1.165, 1.54) is 6.07 Å². The van der Waals surface area contributed by atoms with Crippen molar-refractivity contribution < 1.29 is 13.2 Å². The fraction of sp³-hybridized carbons (Fsp3) is 0.500. The van der Waals surface area contributed by atoms with E-state index < -0.39 is 9.84 Å². The predicted octanol–water partition coefficient (Wildman–Crippen LogP) is 2.62. The Kier molecular flexibility index (Phi) is 6.11. The van der Waals surface area contributed by atoms with Crippen LogP contribution in [0.3, 0.4) is 0 Å². The van der Waals surface area contributed by atoms with E-state index in [-0.39, 0.29) is 22.9 Å². The monoisotopic (exact) mass is 335 g/mol. The molecule has 6 heteroatoms. The number of nitrogens with two attached hydrogens (primary N) is 1. The van der Waals surface area contributed by atoms with Crippen LogP contribution >= 0.6 is 15.9 Å². The SMILES string of the molecule is CCCCOCCS(=O)(=O)c1cc(Br)ccc1N. The molecule has 0 atom stereocenters. The Bertz CT molecular complexity index is 488. The van der Waals surface area contributed by atoms with E-state index in [1.807, 2.05) is 0 Å². The summed E-state index contributed by atoms with van der Waals surface area (Å²) >= 11 is 3.24. The molecular formula is C12H18BrNO3S. The minimum Gasteiger partial charge on any atom is -0.398 e. The molecule has 1 rings (SSSR count). The van der Waals surface area contributed by atoms with Crippen LogP contribution in [0.2, 0.25) is 0 Å². The standard InChI is InChI=1S/C12H18BrNO3S/c1-2-3-6-17-7-8-18(15,16)12-9-10(13)4-5-11(12)14/h4-5,9H,2-3,6-8,14H2,1H3. The Morgan fingerprint density at radius 3 is 2.72 bits per heavy atom. The number of halogens is 1. The molecule has 2 N–H and O–H groups in total. The van der Waals surface area contributed by atoms with Crippen molar-refractivity contribution in [2.24, 2.45) is 0 Å². The Morgan fingerprint density at radius 2 is 2.06 bits per heavy atom. The first-order chi connectivity index (χ1) is 8.47. The number of benzene rings is 1. The summed E-state index contributed by atoms with van der Waals surface area (Å²) in [4.78, 5) is 0.163. The summed E-state index contributed by atoms with van der Waals surface area (Å²) in [7, 11) is -3.38. The van der Waals surface area contributed by atoms with Gasteiger partial charge in [-0.1, -0.05) is 29.3 Å². The Hall–Kier alpha value is -0.590. The van der Waals surface area contributed by atoms with Crippen LogP contribution in [0.4, 0.5) is 5.69 Å². The van der Waals surface area contributed by atoms with Crippen molar-refractivity contribution >= 4 is 31.5 Å². The second-order valence-corrected chi connectivity index (χ2v) is 6.96. The van der Waals surface area contributed by atoms with Gasteiger partial charge in [0.2, 0.25) is 0 Å². The number of hydrogen-bond donors (Lipinski definition) is 1. The van der Waals surface area contributed by atoms with Crippen molar-refractivity contribution in [1.82, 2.24) is 0 Å². The highest BCUT2D eigenvalue weighted by Gasteiger charge is 2.17. The van der Waals surface area contributed by atoms with Gasteiger partial charge in [0.15, 0.2) is 9.84 Å². The lowest BCUT2D eigenvalue weighted by Crippen LogP contribution is -2.14. The van der Waals surface area contributed by atoms with Crippen LogP contribution in [0.25, 0.3) is 0 Å². The number of rotatable bonds is 7. The molecule has 0 unspecified atom stereocenters. The van der Waals surface area contributed by atoms with Gasteiger partial charge in [0.05, 0.1) is 22.9 Å². The predicted molar refractivity (Wildman–Crippen MR) is 76.3 cm³/mol. The van der Waals surface area contributed by atoms with Gasteiger partial charge in [-0.25, -0.2) is 8.42 Å². The molecule has 102 valence electrons. The number of anilines is 1. The zero-order chi connectivity index (χ0) is 13.6. The van der Waals surface area contributed by atoms with E-state index in [1.54, 1.807) is 12.1 Å². The summed E-state index contributed by atoms with van der Waals surface area (Å²) in [6, 6.07) is 4.82. The summed E-state index contributed by atoms with van der Waals surface area (Å²) in [5.41, 5.74) is 5.96. The molecule has 0 radical (unpaired) electrons. The average molecular weight is 336 g/mol. The molecule has 0 aliphatic carbocycles. The number of ether oxygens (including phenoxy) is 1. The van der Waals surface area contributed by atoms with Crippen molar-refractivity contribution in [2.45, 2.75) is 24.7 Å². The average Bonchev–Trinajstić information content (AvgIpc) is 2.32. The topological polar surface area (TPSA) is 69.4 Å². The lowest BCUT2D eigenvalue weighted by molar-refractivity contribution is 0.146. The Balaban J connectivity index is 2.66. The highest BCUT2D eigenvalue weighted by molar-refractivity contribution is 9.10. The first-order valence-electron chi connectivity index (χ1n) is 5.83. The number of sulfone groups is 1. The number of unbranched alkanes of at least 4 members (excludes halogenated alkanes) is 1. The van der Waals surface area contributed by atoms with E-state index in [2.05, 4.69) is 22.9 Å². The molecule has 1 aromatic carbocycles. The molecule has 18 heavy (non-hydrogen) atoms. The molecule has 0 saturated carbocycles. The summed E-state index contributed by atoms with van der Waals surface area (Å²) in [5, 5.41) is 0. The number of nitrogen functional groups attached to an aromatic ring is 1. The lowest BCUT2D eigenvalue weighted by Gasteiger charge is -2.08. The van der Waals surface area contributed by atoms with Gasteiger partial charge in [0.25, 0.3) is 0 Å². The maximum absolute atomic E-state index is 12.1. The third-order valence-electron chi connectivity index (χ3n) is 2.45. The molecular weight excluding hydrogens is 318 g/mol. The quantitative estimate of drug-likeness (QED) is 0.614. The molecule has 1 aromatic rings. The first-order valence-corrected chi connectivity index (χ1v) is 8.27. The summed E-state index contributed by atoms with van der Waals surface area (Å²) in [6.45, 7) is 2.86. The van der Waals surface area contributed by atoms with Gasteiger partial charge >= 0.3 is 0 Å². The molecule has 0 saturated heterocycles. The third-order valence-corrected chi connectivity index (χ3v) is 4.67. The van der Waals surface area contributed by atoms with E-state index in [0.717, 1.165) is 12.8 Å². The Morgan fingerprint density at radius 1 is 1.33 bits per heavy atom. The second kappa shape index (κ2) is 7.11. The van der Waals surface area contributed by atoms with Gasteiger partial charge in [0, 0.05) is 11.1 Å². The zero-order valence-electron chi connectivity index (χ0n) is 10.4. The molecule has 0 fully saturated rings. The van der Waals surface area contributed by atoms with Gasteiger partial charge in [-0.3, -0.25) is 0 Å². The van der Waals surface area contributed by atoms with E-state index in [0.29, 0.717) is 11.1 Å². The highest BCUT2D eigenvalue weighted by atomic mass is 79.9. The van der Waals surface area contributed by atoms with Crippen LogP contribution in [0.1, 0.15) is 19.8 Å². The molecule has 0 amide bonds. The van der Waals surface area contributed by atoms with Crippen LogP contribution in [0.15, 0.2) is 27.6 Å². The third kappa shape index (κ3) is 4.59. The van der Waals surface area contributed by atoms with Crippen LogP contribution < -0.4 is 5.73 Å². The van der Waals surface area contributed by atoms with Crippen molar-refractivity contribution in [1.29, 1.82) is 0 Å². The fourth-order valence-electron chi connectivity index (χ4n) is 1.40. The highest BCUT2D eigenvalue weighted by Crippen LogP contribution is 2.23.